The van der Waals surface area contributed by atoms with Gasteiger partial charge in [0.15, 0.2) is 0 Å². The van der Waals surface area contributed by atoms with Crippen LogP contribution in [0.3, 0.4) is 0 Å². The maximum Gasteiger partial charge on any atom is 0.240 e. The van der Waals surface area contributed by atoms with E-state index in [0.717, 1.165) is 10.9 Å². The van der Waals surface area contributed by atoms with Crippen LogP contribution < -0.4 is 9.47 Å². The molecule has 19 heavy (non-hydrogen) atoms. The molecule has 5 nitrogen and oxygen atoms in total. The molecule has 0 aliphatic rings. The first kappa shape index (κ1) is 11.5. The minimum absolute atomic E-state index is 0.472. The van der Waals surface area contributed by atoms with Gasteiger partial charge in [-0.15, -0.1) is 0 Å². The number of ether oxygens (including phenoxy) is 2. The maximum atomic E-state index is 5.16. The summed E-state index contributed by atoms with van der Waals surface area (Å²) in [5, 5.41) is 1.13. The molecule has 3 aromatic rings. The van der Waals surface area contributed by atoms with Crippen LogP contribution in [0.2, 0.25) is 0 Å². The smallest absolute Gasteiger partial charge is 0.240 e. The van der Waals surface area contributed by atoms with Gasteiger partial charge in [-0.1, -0.05) is 18.2 Å². The average Bonchev–Trinajstić information content (AvgIpc) is 2.90. The van der Waals surface area contributed by atoms with Crippen LogP contribution in [-0.4, -0.2) is 28.8 Å². The molecule has 0 bridgehead atoms. The maximum absolute atomic E-state index is 5.16. The van der Waals surface area contributed by atoms with Crippen LogP contribution in [0.25, 0.3) is 16.9 Å². The lowest BCUT2D eigenvalue weighted by Gasteiger charge is -2.07. The minimum atomic E-state index is 0.472. The van der Waals surface area contributed by atoms with Gasteiger partial charge in [0.25, 0.3) is 0 Å². The summed E-state index contributed by atoms with van der Waals surface area (Å²) in [6.07, 6.45) is 1.93. The lowest BCUT2D eigenvalue weighted by atomic mass is 10.2. The number of hydrogen-bond donors (Lipinski definition) is 0. The molecule has 2 heterocycles. The number of methoxy groups -OCH3 is 2. The van der Waals surface area contributed by atoms with Gasteiger partial charge in [0.05, 0.1) is 25.8 Å². The van der Waals surface area contributed by atoms with E-state index in [1.54, 1.807) is 20.3 Å². The van der Waals surface area contributed by atoms with E-state index >= 15 is 0 Å². The fourth-order valence-electron chi connectivity index (χ4n) is 1.97. The molecule has 0 aliphatic carbocycles. The van der Waals surface area contributed by atoms with Crippen molar-refractivity contribution in [2.24, 2.45) is 0 Å². The van der Waals surface area contributed by atoms with Gasteiger partial charge in [-0.2, -0.15) is 9.97 Å². The Morgan fingerprint density at radius 1 is 0.947 bits per heavy atom. The Bertz CT molecular complexity index is 699. The van der Waals surface area contributed by atoms with Gasteiger partial charge in [0.2, 0.25) is 17.7 Å². The Kier molecular flexibility index (Phi) is 2.79. The predicted octanol–water partition coefficient (Wildman–Crippen LogP) is 2.44. The standard InChI is InChI=1S/C14H13N3O2/c1-18-12-9-13(19-2)16-14(15-12)17-8-7-10-5-3-4-6-11(10)17/h3-9H,1-2H3. The van der Waals surface area contributed by atoms with E-state index in [1.165, 1.54) is 0 Å². The number of rotatable bonds is 3. The van der Waals surface area contributed by atoms with Crippen LogP contribution >= 0.6 is 0 Å². The molecule has 0 aliphatic heterocycles. The van der Waals surface area contributed by atoms with Gasteiger partial charge in [-0.25, -0.2) is 0 Å². The highest BCUT2D eigenvalue weighted by Crippen LogP contribution is 2.22. The summed E-state index contributed by atoms with van der Waals surface area (Å²) in [5.41, 5.74) is 1.04. The molecule has 0 saturated heterocycles. The van der Waals surface area contributed by atoms with E-state index in [2.05, 4.69) is 9.97 Å². The molecule has 0 N–H and O–H groups in total. The number of benzene rings is 1. The summed E-state index contributed by atoms with van der Waals surface area (Å²) in [5.74, 6) is 1.47. The second-order valence-corrected chi connectivity index (χ2v) is 4.00. The fourth-order valence-corrected chi connectivity index (χ4v) is 1.97. The molecule has 96 valence electrons. The van der Waals surface area contributed by atoms with Gasteiger partial charge in [-0.3, -0.25) is 4.57 Å². The highest BCUT2D eigenvalue weighted by Gasteiger charge is 2.09. The third-order valence-electron chi connectivity index (χ3n) is 2.90. The first-order valence-electron chi connectivity index (χ1n) is 5.85. The topological polar surface area (TPSA) is 49.2 Å². The number of para-hydroxylation sites is 1. The Labute approximate surface area is 110 Å². The van der Waals surface area contributed by atoms with Crippen LogP contribution in [0.15, 0.2) is 42.6 Å². The van der Waals surface area contributed by atoms with Crippen molar-refractivity contribution in [2.75, 3.05) is 14.2 Å². The van der Waals surface area contributed by atoms with Crippen molar-refractivity contribution in [3.8, 4) is 17.7 Å². The van der Waals surface area contributed by atoms with Crippen LogP contribution in [0, 0.1) is 0 Å². The second-order valence-electron chi connectivity index (χ2n) is 4.00. The lowest BCUT2D eigenvalue weighted by molar-refractivity contribution is 0.370. The van der Waals surface area contributed by atoms with Crippen molar-refractivity contribution in [3.05, 3.63) is 42.6 Å². The van der Waals surface area contributed by atoms with Gasteiger partial charge in [-0.05, 0) is 12.1 Å². The molecule has 0 radical (unpaired) electrons. The lowest BCUT2D eigenvalue weighted by Crippen LogP contribution is -2.03. The zero-order chi connectivity index (χ0) is 13.2. The largest absolute Gasteiger partial charge is 0.481 e. The van der Waals surface area contributed by atoms with Gasteiger partial charge in [0.1, 0.15) is 0 Å². The summed E-state index contributed by atoms with van der Waals surface area (Å²) in [6.45, 7) is 0. The Morgan fingerprint density at radius 2 is 1.63 bits per heavy atom. The van der Waals surface area contributed by atoms with Crippen LogP contribution in [0.1, 0.15) is 0 Å². The number of aromatic nitrogens is 3. The van der Waals surface area contributed by atoms with Gasteiger partial charge >= 0.3 is 0 Å². The van der Waals surface area contributed by atoms with Crippen molar-refractivity contribution in [2.45, 2.75) is 0 Å². The third kappa shape index (κ3) is 1.99. The summed E-state index contributed by atoms with van der Waals surface area (Å²) in [7, 11) is 3.14. The van der Waals surface area contributed by atoms with E-state index in [-0.39, 0.29) is 0 Å². The van der Waals surface area contributed by atoms with Crippen molar-refractivity contribution >= 4 is 10.9 Å². The van der Waals surface area contributed by atoms with E-state index in [1.807, 2.05) is 41.1 Å². The molecular weight excluding hydrogens is 242 g/mol. The van der Waals surface area contributed by atoms with Gasteiger partial charge < -0.3 is 9.47 Å². The van der Waals surface area contributed by atoms with E-state index in [0.29, 0.717) is 17.7 Å². The molecule has 0 unspecified atom stereocenters. The van der Waals surface area contributed by atoms with Crippen LogP contribution in [0.5, 0.6) is 11.8 Å². The third-order valence-corrected chi connectivity index (χ3v) is 2.90. The molecule has 1 aromatic carbocycles. The van der Waals surface area contributed by atoms with E-state index in [4.69, 9.17) is 9.47 Å². The Balaban J connectivity index is 2.20. The normalized spacial score (nSPS) is 10.6. The second kappa shape index (κ2) is 4.61. The minimum Gasteiger partial charge on any atom is -0.481 e. The summed E-state index contributed by atoms with van der Waals surface area (Å²) in [6, 6.07) is 11.7. The molecule has 0 atom stereocenters. The molecule has 0 spiro atoms. The Hall–Kier alpha value is -2.56. The molecule has 0 saturated carbocycles. The summed E-state index contributed by atoms with van der Waals surface area (Å²) < 4.78 is 12.2. The molecular formula is C14H13N3O2. The van der Waals surface area contributed by atoms with Crippen molar-refractivity contribution in [3.63, 3.8) is 0 Å². The van der Waals surface area contributed by atoms with Crippen molar-refractivity contribution in [1.82, 2.24) is 14.5 Å². The summed E-state index contributed by atoms with van der Waals surface area (Å²) in [4.78, 5) is 8.68. The van der Waals surface area contributed by atoms with E-state index in [9.17, 15) is 0 Å². The molecule has 3 rings (SSSR count). The predicted molar refractivity (Wildman–Crippen MR) is 72.0 cm³/mol. The number of fused-ring (bicyclic) bond motifs is 1. The zero-order valence-electron chi connectivity index (χ0n) is 10.7. The van der Waals surface area contributed by atoms with E-state index < -0.39 is 0 Å². The monoisotopic (exact) mass is 255 g/mol. The first-order chi connectivity index (χ1) is 9.31. The number of nitrogens with zero attached hydrogens (tertiary/aromatic N) is 3. The SMILES string of the molecule is COc1cc(OC)nc(-n2ccc3ccccc32)n1. The highest BCUT2D eigenvalue weighted by atomic mass is 16.5. The first-order valence-corrected chi connectivity index (χ1v) is 5.85. The molecule has 0 fully saturated rings. The number of hydrogen-bond acceptors (Lipinski definition) is 4. The molecule has 0 amide bonds. The highest BCUT2D eigenvalue weighted by molar-refractivity contribution is 5.81. The average molecular weight is 255 g/mol. The molecule has 5 heteroatoms. The zero-order valence-corrected chi connectivity index (χ0v) is 10.7. The molecule has 2 aromatic heterocycles. The van der Waals surface area contributed by atoms with Gasteiger partial charge in [0, 0.05) is 11.6 Å². The van der Waals surface area contributed by atoms with Crippen LogP contribution in [-0.2, 0) is 0 Å². The fraction of sp³-hybridized carbons (Fsp3) is 0.143. The Morgan fingerprint density at radius 3 is 2.32 bits per heavy atom. The van der Waals surface area contributed by atoms with Crippen molar-refractivity contribution in [1.29, 1.82) is 0 Å². The van der Waals surface area contributed by atoms with Crippen LogP contribution in [0.4, 0.5) is 0 Å². The summed E-state index contributed by atoms with van der Waals surface area (Å²) >= 11 is 0. The van der Waals surface area contributed by atoms with Crippen molar-refractivity contribution < 1.29 is 9.47 Å². The quantitative estimate of drug-likeness (QED) is 0.721.